The van der Waals surface area contributed by atoms with Crippen LogP contribution in [0.3, 0.4) is 0 Å². The second-order valence-electron chi connectivity index (χ2n) is 4.72. The van der Waals surface area contributed by atoms with Crippen LogP contribution in [0, 0.1) is 0 Å². The fourth-order valence-electron chi connectivity index (χ4n) is 2.04. The summed E-state index contributed by atoms with van der Waals surface area (Å²) < 4.78 is 10.3. The van der Waals surface area contributed by atoms with E-state index in [9.17, 15) is 9.59 Å². The minimum atomic E-state index is -1.09. The van der Waals surface area contributed by atoms with Gasteiger partial charge < -0.3 is 19.9 Å². The van der Waals surface area contributed by atoms with Gasteiger partial charge >= 0.3 is 5.97 Å². The number of thiazole rings is 1. The Labute approximate surface area is 126 Å². The fraction of sp³-hybridized carbons (Fsp3) is 0.615. The zero-order valence-corrected chi connectivity index (χ0v) is 12.5. The summed E-state index contributed by atoms with van der Waals surface area (Å²) in [6.07, 6.45) is 2.06. The van der Waals surface area contributed by atoms with Crippen LogP contribution in [-0.2, 0) is 14.3 Å². The van der Waals surface area contributed by atoms with Crippen LogP contribution in [0.5, 0.6) is 0 Å². The van der Waals surface area contributed by atoms with Crippen molar-refractivity contribution in [1.82, 2.24) is 10.3 Å². The van der Waals surface area contributed by atoms with Crippen LogP contribution in [0.2, 0.25) is 0 Å². The summed E-state index contributed by atoms with van der Waals surface area (Å²) >= 11 is 1.36. The molecule has 0 aromatic carbocycles. The number of carboxylic acid groups (broad SMARTS) is 1. The predicted octanol–water partition coefficient (Wildman–Crippen LogP) is 1.21. The molecule has 0 spiro atoms. The third kappa shape index (κ3) is 4.23. The first-order valence-electron chi connectivity index (χ1n) is 6.71. The van der Waals surface area contributed by atoms with Crippen molar-refractivity contribution < 1.29 is 24.2 Å². The second-order valence-corrected chi connectivity index (χ2v) is 5.61. The number of rotatable bonds is 7. The molecule has 1 aliphatic rings. The first kappa shape index (κ1) is 15.9. The molecule has 0 saturated carbocycles. The summed E-state index contributed by atoms with van der Waals surface area (Å²) in [5.41, 5.74) is 0.231. The van der Waals surface area contributed by atoms with E-state index in [0.29, 0.717) is 6.61 Å². The smallest absolute Gasteiger partial charge is 0.326 e. The number of methoxy groups -OCH3 is 1. The summed E-state index contributed by atoms with van der Waals surface area (Å²) in [6.45, 7) is 0.972. The summed E-state index contributed by atoms with van der Waals surface area (Å²) in [7, 11) is 1.48. The molecule has 1 amide bonds. The normalized spacial score (nSPS) is 19.4. The van der Waals surface area contributed by atoms with E-state index < -0.39 is 17.9 Å². The molecule has 7 nitrogen and oxygen atoms in total. The molecule has 2 rings (SSSR count). The van der Waals surface area contributed by atoms with E-state index in [1.807, 2.05) is 0 Å². The minimum Gasteiger partial charge on any atom is -0.480 e. The molecule has 1 saturated heterocycles. The van der Waals surface area contributed by atoms with E-state index in [0.717, 1.165) is 17.8 Å². The quantitative estimate of drug-likeness (QED) is 0.785. The van der Waals surface area contributed by atoms with E-state index in [4.69, 9.17) is 14.6 Å². The average molecular weight is 314 g/mol. The highest BCUT2D eigenvalue weighted by molar-refractivity contribution is 7.09. The number of aromatic nitrogens is 1. The Balaban J connectivity index is 1.96. The average Bonchev–Trinajstić information content (AvgIpc) is 3.12. The van der Waals surface area contributed by atoms with Gasteiger partial charge in [-0.25, -0.2) is 9.78 Å². The maximum absolute atomic E-state index is 12.0. The van der Waals surface area contributed by atoms with Crippen molar-refractivity contribution in [1.29, 1.82) is 0 Å². The van der Waals surface area contributed by atoms with Crippen molar-refractivity contribution >= 4 is 23.2 Å². The first-order chi connectivity index (χ1) is 10.1. The molecule has 2 atom stereocenters. The minimum absolute atomic E-state index is 0.0414. The van der Waals surface area contributed by atoms with Gasteiger partial charge in [-0.3, -0.25) is 4.79 Å². The van der Waals surface area contributed by atoms with Gasteiger partial charge in [0.15, 0.2) is 0 Å². The van der Waals surface area contributed by atoms with Crippen LogP contribution < -0.4 is 5.32 Å². The van der Waals surface area contributed by atoms with Crippen molar-refractivity contribution in [3.8, 4) is 0 Å². The first-order valence-corrected chi connectivity index (χ1v) is 7.59. The number of hydrogen-bond donors (Lipinski definition) is 2. The highest BCUT2D eigenvalue weighted by atomic mass is 32.1. The van der Waals surface area contributed by atoms with Crippen molar-refractivity contribution in [3.63, 3.8) is 0 Å². The lowest BCUT2D eigenvalue weighted by molar-refractivity contribution is -0.139. The largest absolute Gasteiger partial charge is 0.480 e. The molecule has 0 aliphatic carbocycles. The highest BCUT2D eigenvalue weighted by Gasteiger charge is 2.25. The van der Waals surface area contributed by atoms with Gasteiger partial charge in [0.25, 0.3) is 5.91 Å². The van der Waals surface area contributed by atoms with E-state index in [2.05, 4.69) is 10.3 Å². The molecule has 2 heterocycles. The monoisotopic (exact) mass is 314 g/mol. The molecular formula is C13H18N2O5S. The van der Waals surface area contributed by atoms with Gasteiger partial charge in [0, 0.05) is 32.1 Å². The van der Waals surface area contributed by atoms with Crippen LogP contribution in [0.15, 0.2) is 5.38 Å². The molecule has 116 valence electrons. The van der Waals surface area contributed by atoms with Gasteiger partial charge in [-0.2, -0.15) is 0 Å². The standard InChI is InChI=1S/C13H18N2O5S/c1-19-6-4-8(13(17)18)14-11(16)9-7-21-12(15-9)10-3-2-5-20-10/h7-8,10H,2-6H2,1H3,(H,14,16)(H,17,18). The Morgan fingerprint density at radius 2 is 2.48 bits per heavy atom. The van der Waals surface area contributed by atoms with Gasteiger partial charge in [0.05, 0.1) is 0 Å². The maximum Gasteiger partial charge on any atom is 0.326 e. The number of carbonyl (C=O) groups excluding carboxylic acids is 1. The number of ether oxygens (including phenoxy) is 2. The van der Waals surface area contributed by atoms with Crippen LogP contribution in [0.25, 0.3) is 0 Å². The molecule has 1 aromatic rings. The molecule has 0 bridgehead atoms. The number of nitrogens with one attached hydrogen (secondary N) is 1. The van der Waals surface area contributed by atoms with Crippen molar-refractivity contribution in [2.24, 2.45) is 0 Å². The number of aliphatic carboxylic acids is 1. The molecular weight excluding hydrogens is 296 g/mol. The lowest BCUT2D eigenvalue weighted by Gasteiger charge is -2.12. The third-order valence-electron chi connectivity index (χ3n) is 3.17. The van der Waals surface area contributed by atoms with Crippen molar-refractivity contribution in [2.45, 2.75) is 31.4 Å². The molecule has 8 heteroatoms. The zero-order chi connectivity index (χ0) is 15.2. The third-order valence-corrected chi connectivity index (χ3v) is 4.11. The summed E-state index contributed by atoms with van der Waals surface area (Å²) in [5, 5.41) is 13.9. The summed E-state index contributed by atoms with van der Waals surface area (Å²) in [6, 6.07) is -0.981. The Hall–Kier alpha value is -1.51. The highest BCUT2D eigenvalue weighted by Crippen LogP contribution is 2.30. The van der Waals surface area contributed by atoms with Gasteiger partial charge in [-0.15, -0.1) is 11.3 Å². The van der Waals surface area contributed by atoms with E-state index >= 15 is 0 Å². The van der Waals surface area contributed by atoms with E-state index in [-0.39, 0.29) is 24.8 Å². The number of nitrogens with zero attached hydrogens (tertiary/aromatic N) is 1. The van der Waals surface area contributed by atoms with Gasteiger partial charge in [0.1, 0.15) is 22.8 Å². The molecule has 0 radical (unpaired) electrons. The summed E-state index contributed by atoms with van der Waals surface area (Å²) in [5.74, 6) is -1.58. The lowest BCUT2D eigenvalue weighted by atomic mass is 10.2. The van der Waals surface area contributed by atoms with Crippen LogP contribution >= 0.6 is 11.3 Å². The molecule has 2 N–H and O–H groups in total. The Bertz CT molecular complexity index is 499. The number of carbonyl (C=O) groups is 2. The summed E-state index contributed by atoms with van der Waals surface area (Å²) in [4.78, 5) is 27.4. The Kier molecular flexibility index (Phi) is 5.66. The van der Waals surface area contributed by atoms with Crippen molar-refractivity contribution in [2.75, 3.05) is 20.3 Å². The molecule has 1 aliphatic heterocycles. The Morgan fingerprint density at radius 3 is 3.10 bits per heavy atom. The number of hydrogen-bond acceptors (Lipinski definition) is 6. The molecule has 1 aromatic heterocycles. The molecule has 1 fully saturated rings. The SMILES string of the molecule is COCCC(NC(=O)c1csc(C2CCCO2)n1)C(=O)O. The topological polar surface area (TPSA) is 97.8 Å². The predicted molar refractivity (Wildman–Crippen MR) is 75.4 cm³/mol. The number of carboxylic acids is 1. The van der Waals surface area contributed by atoms with E-state index in [1.54, 1.807) is 5.38 Å². The second kappa shape index (κ2) is 7.48. The molecule has 2 unspecified atom stereocenters. The lowest BCUT2D eigenvalue weighted by Crippen LogP contribution is -2.41. The van der Waals surface area contributed by atoms with Gasteiger partial charge in [0.2, 0.25) is 0 Å². The van der Waals surface area contributed by atoms with Gasteiger partial charge in [-0.1, -0.05) is 0 Å². The van der Waals surface area contributed by atoms with Gasteiger partial charge in [-0.05, 0) is 12.8 Å². The zero-order valence-electron chi connectivity index (χ0n) is 11.7. The van der Waals surface area contributed by atoms with Crippen LogP contribution in [0.1, 0.15) is 40.9 Å². The van der Waals surface area contributed by atoms with E-state index in [1.165, 1.54) is 18.4 Å². The van der Waals surface area contributed by atoms with Crippen LogP contribution in [-0.4, -0.2) is 48.3 Å². The van der Waals surface area contributed by atoms with Crippen LogP contribution in [0.4, 0.5) is 0 Å². The van der Waals surface area contributed by atoms with Crippen molar-refractivity contribution in [3.05, 3.63) is 16.1 Å². The fourth-order valence-corrected chi connectivity index (χ4v) is 2.92. The Morgan fingerprint density at radius 1 is 1.67 bits per heavy atom. The molecule has 21 heavy (non-hydrogen) atoms. The number of amides is 1. The maximum atomic E-state index is 12.0.